The van der Waals surface area contributed by atoms with E-state index in [4.69, 9.17) is 0 Å². The van der Waals surface area contributed by atoms with Gasteiger partial charge in [0, 0.05) is 55.7 Å². The summed E-state index contributed by atoms with van der Waals surface area (Å²) in [4.78, 5) is 54.5. The van der Waals surface area contributed by atoms with Gasteiger partial charge >= 0.3 is 0 Å². The maximum absolute atomic E-state index is 13.5. The van der Waals surface area contributed by atoms with Gasteiger partial charge in [-0.05, 0) is 64.7 Å². The van der Waals surface area contributed by atoms with Crippen LogP contribution in [0, 0.1) is 11.6 Å². The lowest BCUT2D eigenvalue weighted by Crippen LogP contribution is -2.34. The van der Waals surface area contributed by atoms with Crippen molar-refractivity contribution in [1.29, 1.82) is 0 Å². The van der Waals surface area contributed by atoms with Crippen LogP contribution in [0.1, 0.15) is 39.9 Å². The molecule has 10 heteroatoms. The lowest BCUT2D eigenvalue weighted by Gasteiger charge is -2.10. The average Bonchev–Trinajstić information content (AvgIpc) is 3.55. The number of pyridine rings is 1. The zero-order chi connectivity index (χ0) is 28.2. The summed E-state index contributed by atoms with van der Waals surface area (Å²) in [5.41, 5.74) is 3.33. The number of anilines is 1. The van der Waals surface area contributed by atoms with Crippen LogP contribution in [-0.4, -0.2) is 34.9 Å². The number of hydrogen-bond donors (Lipinski definition) is 2. The number of rotatable bonds is 8. The molecule has 2 N–H and O–H groups in total. The Kier molecular flexibility index (Phi) is 7.59. The third-order valence-electron chi connectivity index (χ3n) is 6.58. The topological polar surface area (TPSA) is 110 Å². The van der Waals surface area contributed by atoms with Gasteiger partial charge in [-0.15, -0.1) is 0 Å². The SMILES string of the molecule is O=C(CCNC(=O)c1cccn(Cc2ccc(F)c(F)c2)c1=O)Nc1ccc2c(c1)/C(=C/C1=CN=CC1)C(=O)C2. The lowest BCUT2D eigenvalue weighted by atomic mass is 10.0. The smallest absolute Gasteiger partial charge is 0.263 e. The molecule has 1 aromatic heterocycles. The molecule has 1 aliphatic heterocycles. The molecule has 3 aromatic rings. The molecular formula is C30H24F2N4O4. The van der Waals surface area contributed by atoms with Gasteiger partial charge in [0.25, 0.3) is 11.5 Å². The summed E-state index contributed by atoms with van der Waals surface area (Å²) in [5.74, 6) is -3.02. The highest BCUT2D eigenvalue weighted by Crippen LogP contribution is 2.33. The van der Waals surface area contributed by atoms with Gasteiger partial charge in [0.05, 0.1) is 6.54 Å². The summed E-state index contributed by atoms with van der Waals surface area (Å²) >= 11 is 0. The third-order valence-corrected chi connectivity index (χ3v) is 6.58. The van der Waals surface area contributed by atoms with E-state index in [9.17, 15) is 28.0 Å². The lowest BCUT2D eigenvalue weighted by molar-refractivity contribution is -0.116. The summed E-state index contributed by atoms with van der Waals surface area (Å²) in [6.07, 6.45) is 7.68. The van der Waals surface area contributed by atoms with Crippen LogP contribution >= 0.6 is 0 Å². The van der Waals surface area contributed by atoms with Crippen LogP contribution in [0.5, 0.6) is 0 Å². The highest BCUT2D eigenvalue weighted by Gasteiger charge is 2.25. The molecule has 0 saturated heterocycles. The van der Waals surface area contributed by atoms with Gasteiger partial charge < -0.3 is 15.2 Å². The number of fused-ring (bicyclic) bond motifs is 1. The highest BCUT2D eigenvalue weighted by molar-refractivity contribution is 6.26. The van der Waals surface area contributed by atoms with Crippen LogP contribution in [0.25, 0.3) is 5.57 Å². The average molecular weight is 543 g/mol. The molecule has 2 heterocycles. The summed E-state index contributed by atoms with van der Waals surface area (Å²) in [7, 11) is 0. The number of aromatic nitrogens is 1. The Morgan fingerprint density at radius 2 is 1.90 bits per heavy atom. The fourth-order valence-electron chi connectivity index (χ4n) is 4.55. The molecular weight excluding hydrogens is 518 g/mol. The number of hydrogen-bond acceptors (Lipinski definition) is 5. The monoisotopic (exact) mass is 542 g/mol. The minimum absolute atomic E-state index is 0.0128. The first-order chi connectivity index (χ1) is 19.3. The summed E-state index contributed by atoms with van der Waals surface area (Å²) in [6, 6.07) is 11.5. The minimum Gasteiger partial charge on any atom is -0.351 e. The summed E-state index contributed by atoms with van der Waals surface area (Å²) in [6.45, 7) is -0.0703. The van der Waals surface area contributed by atoms with Crippen molar-refractivity contribution < 1.29 is 23.2 Å². The number of nitrogens with zero attached hydrogens (tertiary/aromatic N) is 2. The number of carbonyl (C=O) groups is 3. The van der Waals surface area contributed by atoms with Crippen molar-refractivity contribution in [2.75, 3.05) is 11.9 Å². The first-order valence-corrected chi connectivity index (χ1v) is 12.6. The van der Waals surface area contributed by atoms with Crippen molar-refractivity contribution in [3.63, 3.8) is 0 Å². The maximum atomic E-state index is 13.5. The van der Waals surface area contributed by atoms with Crippen molar-refractivity contribution in [2.45, 2.75) is 25.8 Å². The zero-order valence-electron chi connectivity index (χ0n) is 21.2. The minimum atomic E-state index is -1.03. The summed E-state index contributed by atoms with van der Waals surface area (Å²) in [5, 5.41) is 5.34. The number of benzene rings is 2. The Labute approximate surface area is 227 Å². The van der Waals surface area contributed by atoms with Crippen LogP contribution in [0.3, 0.4) is 0 Å². The Balaban J connectivity index is 1.18. The molecule has 5 rings (SSSR count). The molecule has 40 heavy (non-hydrogen) atoms. The quantitative estimate of drug-likeness (QED) is 0.422. The van der Waals surface area contributed by atoms with E-state index in [0.29, 0.717) is 29.7 Å². The van der Waals surface area contributed by atoms with E-state index in [0.717, 1.165) is 28.8 Å². The van der Waals surface area contributed by atoms with Crippen LogP contribution in [0.2, 0.25) is 0 Å². The number of ketones is 1. The van der Waals surface area contributed by atoms with E-state index in [1.165, 1.54) is 29.0 Å². The highest BCUT2D eigenvalue weighted by atomic mass is 19.2. The van der Waals surface area contributed by atoms with Gasteiger partial charge in [-0.2, -0.15) is 0 Å². The third kappa shape index (κ3) is 5.85. The Bertz CT molecular complexity index is 1690. The second kappa shape index (κ2) is 11.4. The van der Waals surface area contributed by atoms with Gasteiger partial charge in [0.1, 0.15) is 5.56 Å². The van der Waals surface area contributed by atoms with E-state index in [1.54, 1.807) is 24.5 Å². The van der Waals surface area contributed by atoms with Crippen molar-refractivity contribution in [2.24, 2.45) is 4.99 Å². The molecule has 0 unspecified atom stereocenters. The Morgan fingerprint density at radius 3 is 2.67 bits per heavy atom. The Morgan fingerprint density at radius 1 is 1.05 bits per heavy atom. The number of nitrogens with one attached hydrogen (secondary N) is 2. The predicted molar refractivity (Wildman–Crippen MR) is 146 cm³/mol. The molecule has 8 nitrogen and oxygen atoms in total. The fraction of sp³-hybridized carbons (Fsp3) is 0.167. The molecule has 0 radical (unpaired) electrons. The standard InChI is InChI=1S/C30H24F2N4O4/c31-25-6-3-19(13-26(25)32)17-36-11-1-2-22(30(36)40)29(39)34-10-8-28(38)35-21-5-4-20-14-27(37)24(23(20)15-21)12-18-7-9-33-16-18/h1-6,9,11-13,15-16H,7-8,10,14,17H2,(H,34,39)(H,35,38)/b24-12-. The number of amides is 2. The second-order valence-electron chi connectivity index (χ2n) is 9.43. The number of halogens is 2. The molecule has 2 amide bonds. The number of aliphatic imine (C=N–C) groups is 1. The van der Waals surface area contributed by atoms with Crippen LogP contribution in [-0.2, 0) is 22.6 Å². The van der Waals surface area contributed by atoms with Gasteiger partial charge in [0.15, 0.2) is 17.4 Å². The van der Waals surface area contributed by atoms with E-state index >= 15 is 0 Å². The first-order valence-electron chi connectivity index (χ1n) is 12.6. The predicted octanol–water partition coefficient (Wildman–Crippen LogP) is 3.80. The number of allylic oxidation sites excluding steroid dienone is 3. The van der Waals surface area contributed by atoms with E-state index < -0.39 is 23.1 Å². The Hall–Kier alpha value is -4.99. The number of carbonyl (C=O) groups excluding carboxylic acids is 3. The van der Waals surface area contributed by atoms with E-state index in [2.05, 4.69) is 15.6 Å². The molecule has 1 aliphatic carbocycles. The van der Waals surface area contributed by atoms with Gasteiger partial charge in [-0.1, -0.05) is 12.1 Å². The molecule has 0 fully saturated rings. The fourth-order valence-corrected chi connectivity index (χ4v) is 4.55. The second-order valence-corrected chi connectivity index (χ2v) is 9.43. The van der Waals surface area contributed by atoms with Gasteiger partial charge in [-0.25, -0.2) is 8.78 Å². The van der Waals surface area contributed by atoms with Gasteiger partial charge in [0.2, 0.25) is 5.91 Å². The molecule has 0 spiro atoms. The van der Waals surface area contributed by atoms with E-state index in [1.807, 2.05) is 12.1 Å². The van der Waals surface area contributed by atoms with Crippen LogP contribution in [0.15, 0.2) is 82.4 Å². The van der Waals surface area contributed by atoms with Gasteiger partial charge in [-0.3, -0.25) is 24.2 Å². The first kappa shape index (κ1) is 26.6. The molecule has 0 atom stereocenters. The van der Waals surface area contributed by atoms with Crippen LogP contribution in [0.4, 0.5) is 14.5 Å². The van der Waals surface area contributed by atoms with Crippen molar-refractivity contribution >= 4 is 35.1 Å². The van der Waals surface area contributed by atoms with Crippen molar-refractivity contribution in [1.82, 2.24) is 9.88 Å². The van der Waals surface area contributed by atoms with E-state index in [-0.39, 0.29) is 36.8 Å². The van der Waals surface area contributed by atoms with Crippen molar-refractivity contribution in [3.8, 4) is 0 Å². The normalized spacial score (nSPS) is 14.8. The van der Waals surface area contributed by atoms with Crippen LogP contribution < -0.4 is 16.2 Å². The van der Waals surface area contributed by atoms with Crippen molar-refractivity contribution in [3.05, 3.63) is 117 Å². The molecule has 0 bridgehead atoms. The largest absolute Gasteiger partial charge is 0.351 e. The maximum Gasteiger partial charge on any atom is 0.263 e. The molecule has 2 aliphatic rings. The number of Topliss-reactive ketones (excluding diaryl/α,β-unsaturated/α-hetero) is 1. The molecule has 202 valence electrons. The zero-order valence-corrected chi connectivity index (χ0v) is 21.2. The molecule has 2 aromatic carbocycles. The summed E-state index contributed by atoms with van der Waals surface area (Å²) < 4.78 is 27.9. The molecule has 0 saturated carbocycles.